The van der Waals surface area contributed by atoms with Gasteiger partial charge in [0.15, 0.2) is 0 Å². The second-order valence-corrected chi connectivity index (χ2v) is 18.8. The highest BCUT2D eigenvalue weighted by Gasteiger charge is 2.46. The molecule has 0 aromatic heterocycles. The van der Waals surface area contributed by atoms with Crippen LogP contribution in [0.15, 0.2) is 297 Å². The van der Waals surface area contributed by atoms with Crippen molar-refractivity contribution in [2.24, 2.45) is 0 Å². The highest BCUT2D eigenvalue weighted by molar-refractivity contribution is 6.00. The van der Waals surface area contributed by atoms with Gasteiger partial charge in [0.25, 0.3) is 0 Å². The average molecular weight is 916 g/mol. The van der Waals surface area contributed by atoms with E-state index in [1.165, 1.54) is 94.2 Å². The summed E-state index contributed by atoms with van der Waals surface area (Å²) in [5.41, 5.74) is 22.1. The number of hydrogen-bond acceptors (Lipinski definition) is 1. The lowest BCUT2D eigenvalue weighted by Crippen LogP contribution is -2.28. The molecule has 338 valence electrons. The highest BCUT2D eigenvalue weighted by atomic mass is 15.1. The molecule has 0 heterocycles. The fraction of sp³-hybridized carbons (Fsp3) is 0.0141. The van der Waals surface area contributed by atoms with Gasteiger partial charge in [0.1, 0.15) is 0 Å². The summed E-state index contributed by atoms with van der Waals surface area (Å²) >= 11 is 0. The van der Waals surface area contributed by atoms with E-state index in [-0.39, 0.29) is 0 Å². The van der Waals surface area contributed by atoms with Crippen LogP contribution < -0.4 is 4.90 Å². The van der Waals surface area contributed by atoms with Crippen LogP contribution in [0.3, 0.4) is 0 Å². The second kappa shape index (κ2) is 18.2. The Kier molecular flexibility index (Phi) is 10.8. The fourth-order valence-corrected chi connectivity index (χ4v) is 11.5. The molecule has 0 unspecified atom stereocenters. The SMILES string of the molecule is c1ccc(-c2ccccc2-c2c(-c3ccccc3)cccc2-c2cccc(N(c3ccc(-c4ccc5ccccc5c4)cc3)c3ccc4c(c3)C(c3ccccc3)(c3ccccc3)c3ccccc3-4)c2)cc1. The van der Waals surface area contributed by atoms with Crippen molar-refractivity contribution >= 4 is 27.8 Å². The quantitative estimate of drug-likeness (QED) is 0.132. The topological polar surface area (TPSA) is 3.24 Å². The second-order valence-electron chi connectivity index (χ2n) is 18.8. The van der Waals surface area contributed by atoms with Crippen LogP contribution in [-0.2, 0) is 5.41 Å². The summed E-state index contributed by atoms with van der Waals surface area (Å²) in [4.78, 5) is 2.45. The van der Waals surface area contributed by atoms with Gasteiger partial charge in [-0.2, -0.15) is 0 Å². The molecule has 13 rings (SSSR count). The van der Waals surface area contributed by atoms with Crippen LogP contribution in [0.1, 0.15) is 22.3 Å². The van der Waals surface area contributed by atoms with Crippen molar-refractivity contribution in [1.29, 1.82) is 0 Å². The third-order valence-corrected chi connectivity index (χ3v) is 14.8. The summed E-state index contributed by atoms with van der Waals surface area (Å²) in [7, 11) is 0. The molecule has 72 heavy (non-hydrogen) atoms. The van der Waals surface area contributed by atoms with E-state index in [2.05, 4.69) is 302 Å². The number of anilines is 3. The van der Waals surface area contributed by atoms with Gasteiger partial charge in [0.2, 0.25) is 0 Å². The summed E-state index contributed by atoms with van der Waals surface area (Å²) in [6.45, 7) is 0. The van der Waals surface area contributed by atoms with Gasteiger partial charge in [-0.1, -0.05) is 255 Å². The zero-order chi connectivity index (χ0) is 47.8. The smallest absolute Gasteiger partial charge is 0.0714 e. The van der Waals surface area contributed by atoms with E-state index in [0.29, 0.717) is 0 Å². The summed E-state index contributed by atoms with van der Waals surface area (Å²) in [6, 6.07) is 109. The molecule has 12 aromatic rings. The molecule has 0 spiro atoms. The standard InChI is InChI=1S/C71H49N/c1-5-22-52(23-6-1)62-33-15-16-35-67(62)70-63(53-24-7-2-8-25-53)36-20-37-64(70)56-27-19-32-60(48-56)72(59-43-41-51(42-44-59)55-40-39-50-21-13-14-26-54(50)47-55)61-45-46-66-65-34-17-18-38-68(65)71(69(66)49-61,57-28-9-3-10-29-57)58-30-11-4-12-31-58/h1-49H. The van der Waals surface area contributed by atoms with E-state index >= 15 is 0 Å². The Labute approximate surface area is 422 Å². The lowest BCUT2D eigenvalue weighted by atomic mass is 9.67. The minimum Gasteiger partial charge on any atom is -0.310 e. The predicted molar refractivity (Wildman–Crippen MR) is 303 cm³/mol. The van der Waals surface area contributed by atoms with Gasteiger partial charge in [-0.25, -0.2) is 0 Å². The van der Waals surface area contributed by atoms with Crippen LogP contribution in [0, 0.1) is 0 Å². The molecule has 0 fully saturated rings. The van der Waals surface area contributed by atoms with E-state index in [4.69, 9.17) is 0 Å². The van der Waals surface area contributed by atoms with Gasteiger partial charge < -0.3 is 4.90 Å². The molecule has 0 atom stereocenters. The van der Waals surface area contributed by atoms with E-state index in [9.17, 15) is 0 Å². The third-order valence-electron chi connectivity index (χ3n) is 14.8. The summed E-state index contributed by atoms with van der Waals surface area (Å²) in [5, 5.41) is 2.48. The Morgan fingerprint density at radius 3 is 1.39 bits per heavy atom. The summed E-state index contributed by atoms with van der Waals surface area (Å²) in [6.07, 6.45) is 0. The number of rotatable bonds is 10. The maximum Gasteiger partial charge on any atom is 0.0714 e. The molecule has 1 aliphatic carbocycles. The maximum absolute atomic E-state index is 2.47. The van der Waals surface area contributed by atoms with Crippen LogP contribution in [0.2, 0.25) is 0 Å². The molecule has 0 radical (unpaired) electrons. The average Bonchev–Trinajstić information content (AvgIpc) is 3.77. The van der Waals surface area contributed by atoms with E-state index in [1.54, 1.807) is 0 Å². The highest BCUT2D eigenvalue weighted by Crippen LogP contribution is 2.57. The molecule has 0 bridgehead atoms. The van der Waals surface area contributed by atoms with Gasteiger partial charge in [0, 0.05) is 17.1 Å². The zero-order valence-corrected chi connectivity index (χ0v) is 39.7. The lowest BCUT2D eigenvalue weighted by molar-refractivity contribution is 0.768. The van der Waals surface area contributed by atoms with Crippen molar-refractivity contribution in [2.45, 2.75) is 5.41 Å². The zero-order valence-electron chi connectivity index (χ0n) is 39.7. The Balaban J connectivity index is 1.03. The molecule has 0 saturated carbocycles. The van der Waals surface area contributed by atoms with Crippen LogP contribution in [0.5, 0.6) is 0 Å². The Morgan fingerprint density at radius 2 is 0.694 bits per heavy atom. The maximum atomic E-state index is 2.47. The molecule has 12 aromatic carbocycles. The molecule has 0 N–H and O–H groups in total. The molecular weight excluding hydrogens is 867 g/mol. The Morgan fingerprint density at radius 1 is 0.222 bits per heavy atom. The Bertz CT molecular complexity index is 3860. The minimum atomic E-state index is -0.545. The van der Waals surface area contributed by atoms with Crippen molar-refractivity contribution in [3.05, 3.63) is 320 Å². The van der Waals surface area contributed by atoms with Crippen LogP contribution in [-0.4, -0.2) is 0 Å². The summed E-state index contributed by atoms with van der Waals surface area (Å²) < 4.78 is 0. The molecule has 0 aliphatic heterocycles. The van der Waals surface area contributed by atoms with Crippen molar-refractivity contribution < 1.29 is 0 Å². The number of nitrogens with zero attached hydrogens (tertiary/aromatic N) is 1. The first-order valence-electron chi connectivity index (χ1n) is 24.9. The molecule has 1 aliphatic rings. The number of benzene rings is 12. The van der Waals surface area contributed by atoms with Crippen LogP contribution in [0.4, 0.5) is 17.1 Å². The van der Waals surface area contributed by atoms with E-state index in [0.717, 1.165) is 22.6 Å². The monoisotopic (exact) mass is 915 g/mol. The van der Waals surface area contributed by atoms with Crippen molar-refractivity contribution in [2.75, 3.05) is 4.90 Å². The van der Waals surface area contributed by atoms with Crippen molar-refractivity contribution in [3.8, 4) is 66.8 Å². The predicted octanol–water partition coefficient (Wildman–Crippen LogP) is 19.0. The molecule has 1 nitrogen and oxygen atoms in total. The number of hydrogen-bond donors (Lipinski definition) is 0. The van der Waals surface area contributed by atoms with Gasteiger partial charge in [-0.15, -0.1) is 0 Å². The van der Waals surface area contributed by atoms with Gasteiger partial charge in [-0.05, 0) is 142 Å². The molecule has 1 heteroatoms. The number of fused-ring (bicyclic) bond motifs is 4. The minimum absolute atomic E-state index is 0.545. The largest absolute Gasteiger partial charge is 0.310 e. The molecular formula is C71H49N. The van der Waals surface area contributed by atoms with E-state index in [1.807, 2.05) is 0 Å². The van der Waals surface area contributed by atoms with Gasteiger partial charge in [-0.3, -0.25) is 0 Å². The van der Waals surface area contributed by atoms with Gasteiger partial charge in [0.05, 0.1) is 5.41 Å². The third kappa shape index (κ3) is 7.34. The van der Waals surface area contributed by atoms with Gasteiger partial charge >= 0.3 is 0 Å². The lowest BCUT2D eigenvalue weighted by Gasteiger charge is -2.35. The Hall–Kier alpha value is -9.30. The molecule has 0 amide bonds. The molecule has 0 saturated heterocycles. The van der Waals surface area contributed by atoms with Crippen LogP contribution >= 0.6 is 0 Å². The van der Waals surface area contributed by atoms with Crippen molar-refractivity contribution in [3.63, 3.8) is 0 Å². The van der Waals surface area contributed by atoms with E-state index < -0.39 is 5.41 Å². The first kappa shape index (κ1) is 42.8. The first-order valence-corrected chi connectivity index (χ1v) is 24.9. The van der Waals surface area contributed by atoms with Crippen LogP contribution in [0.25, 0.3) is 77.5 Å². The first-order chi connectivity index (χ1) is 35.7. The fourth-order valence-electron chi connectivity index (χ4n) is 11.5. The normalized spacial score (nSPS) is 12.3. The van der Waals surface area contributed by atoms with Crippen molar-refractivity contribution in [1.82, 2.24) is 0 Å². The summed E-state index contributed by atoms with van der Waals surface area (Å²) in [5.74, 6) is 0.